The molecule has 0 fully saturated rings. The lowest BCUT2D eigenvalue weighted by Gasteiger charge is -2.15. The number of hydrogen-bond donors (Lipinski definition) is 1. The molecule has 0 aromatic heterocycles. The summed E-state index contributed by atoms with van der Waals surface area (Å²) in [4.78, 5) is 10.8. The van der Waals surface area contributed by atoms with Crippen LogP contribution in [0.15, 0.2) is 36.4 Å². The van der Waals surface area contributed by atoms with Crippen LogP contribution in [-0.2, 0) is 6.42 Å². The highest BCUT2D eigenvalue weighted by molar-refractivity contribution is 5.49. The van der Waals surface area contributed by atoms with Crippen LogP contribution in [0.5, 0.6) is 0 Å². The molecule has 1 unspecified atom stereocenters. The van der Waals surface area contributed by atoms with E-state index in [0.29, 0.717) is 5.56 Å². The SMILES string of the molecule is CCc1ccc(C(N)c2cc(C)c(C)c([N+](=O)[O-])c2)cc1. The van der Waals surface area contributed by atoms with Gasteiger partial charge in [0.05, 0.1) is 11.0 Å². The van der Waals surface area contributed by atoms with E-state index >= 15 is 0 Å². The highest BCUT2D eigenvalue weighted by Crippen LogP contribution is 2.28. The Bertz CT molecular complexity index is 663. The van der Waals surface area contributed by atoms with Crippen LogP contribution >= 0.6 is 0 Å². The van der Waals surface area contributed by atoms with Gasteiger partial charge in [-0.25, -0.2) is 0 Å². The molecule has 0 radical (unpaired) electrons. The minimum absolute atomic E-state index is 0.130. The monoisotopic (exact) mass is 284 g/mol. The molecule has 2 aromatic carbocycles. The average Bonchev–Trinajstić information content (AvgIpc) is 2.49. The van der Waals surface area contributed by atoms with Gasteiger partial charge in [0.2, 0.25) is 0 Å². The van der Waals surface area contributed by atoms with Crippen molar-refractivity contribution in [1.29, 1.82) is 0 Å². The second kappa shape index (κ2) is 6.06. The Kier molecular flexibility index (Phi) is 4.38. The zero-order chi connectivity index (χ0) is 15.6. The molecule has 0 bridgehead atoms. The van der Waals surface area contributed by atoms with Crippen molar-refractivity contribution in [2.45, 2.75) is 33.2 Å². The summed E-state index contributed by atoms with van der Waals surface area (Å²) in [5.41, 5.74) is 11.0. The first kappa shape index (κ1) is 15.2. The summed E-state index contributed by atoms with van der Waals surface area (Å²) in [7, 11) is 0. The standard InChI is InChI=1S/C17H20N2O2/c1-4-13-5-7-14(8-6-13)17(18)15-9-11(2)12(3)16(10-15)19(20)21/h5-10,17H,4,18H2,1-3H3. The molecule has 4 nitrogen and oxygen atoms in total. The van der Waals surface area contributed by atoms with Crippen molar-refractivity contribution < 1.29 is 4.92 Å². The number of nitrogens with two attached hydrogens (primary N) is 1. The molecule has 2 N–H and O–H groups in total. The minimum atomic E-state index is -0.353. The van der Waals surface area contributed by atoms with Gasteiger partial charge in [-0.15, -0.1) is 0 Å². The van der Waals surface area contributed by atoms with Gasteiger partial charge in [-0.2, -0.15) is 0 Å². The zero-order valence-corrected chi connectivity index (χ0v) is 12.6. The Labute approximate surface area is 124 Å². The molecule has 0 aliphatic heterocycles. The molecule has 0 heterocycles. The number of nitro groups is 1. The fourth-order valence-electron chi connectivity index (χ4n) is 2.39. The molecule has 0 spiro atoms. The van der Waals surface area contributed by atoms with Crippen molar-refractivity contribution >= 4 is 5.69 Å². The van der Waals surface area contributed by atoms with Crippen LogP contribution in [-0.4, -0.2) is 4.92 Å². The molecule has 4 heteroatoms. The number of hydrogen-bond acceptors (Lipinski definition) is 3. The van der Waals surface area contributed by atoms with Crippen molar-refractivity contribution in [3.05, 3.63) is 74.3 Å². The highest BCUT2D eigenvalue weighted by Gasteiger charge is 2.18. The van der Waals surface area contributed by atoms with Crippen LogP contribution in [0, 0.1) is 24.0 Å². The number of nitro benzene ring substituents is 1. The van der Waals surface area contributed by atoms with Gasteiger partial charge < -0.3 is 5.73 Å². The summed E-state index contributed by atoms with van der Waals surface area (Å²) >= 11 is 0. The van der Waals surface area contributed by atoms with E-state index in [9.17, 15) is 10.1 Å². The molecule has 1 atom stereocenters. The molecule has 0 aliphatic carbocycles. The van der Waals surface area contributed by atoms with Gasteiger partial charge in [0, 0.05) is 11.6 Å². The van der Waals surface area contributed by atoms with Crippen LogP contribution in [0.4, 0.5) is 5.69 Å². The first-order valence-electron chi connectivity index (χ1n) is 7.04. The summed E-state index contributed by atoms with van der Waals surface area (Å²) in [6.45, 7) is 5.74. The average molecular weight is 284 g/mol. The van der Waals surface area contributed by atoms with Gasteiger partial charge in [-0.05, 0) is 42.5 Å². The lowest BCUT2D eigenvalue weighted by molar-refractivity contribution is -0.385. The molecule has 0 saturated carbocycles. The molecule has 21 heavy (non-hydrogen) atoms. The van der Waals surface area contributed by atoms with Crippen molar-refractivity contribution in [3.63, 3.8) is 0 Å². The second-order valence-corrected chi connectivity index (χ2v) is 5.31. The Morgan fingerprint density at radius 3 is 2.29 bits per heavy atom. The van der Waals surface area contributed by atoms with E-state index in [1.54, 1.807) is 13.0 Å². The van der Waals surface area contributed by atoms with E-state index in [0.717, 1.165) is 23.1 Å². The van der Waals surface area contributed by atoms with Gasteiger partial charge in [0.25, 0.3) is 5.69 Å². The molecule has 0 amide bonds. The maximum Gasteiger partial charge on any atom is 0.272 e. The largest absolute Gasteiger partial charge is 0.320 e. The molecule has 2 rings (SSSR count). The third-order valence-electron chi connectivity index (χ3n) is 3.97. The maximum absolute atomic E-state index is 11.1. The number of aryl methyl sites for hydroxylation is 2. The van der Waals surface area contributed by atoms with Gasteiger partial charge >= 0.3 is 0 Å². The summed E-state index contributed by atoms with van der Waals surface area (Å²) < 4.78 is 0. The van der Waals surface area contributed by atoms with Gasteiger partial charge in [-0.3, -0.25) is 10.1 Å². The van der Waals surface area contributed by atoms with Crippen molar-refractivity contribution in [3.8, 4) is 0 Å². The molecule has 0 saturated heterocycles. The Balaban J connectivity index is 2.42. The summed E-state index contributed by atoms with van der Waals surface area (Å²) in [6.07, 6.45) is 0.977. The Hall–Kier alpha value is -2.20. The van der Waals surface area contributed by atoms with Crippen molar-refractivity contribution in [2.75, 3.05) is 0 Å². The highest BCUT2D eigenvalue weighted by atomic mass is 16.6. The Morgan fingerprint density at radius 1 is 1.14 bits per heavy atom. The maximum atomic E-state index is 11.1. The lowest BCUT2D eigenvalue weighted by Crippen LogP contribution is -2.13. The number of nitrogens with zero attached hydrogens (tertiary/aromatic N) is 1. The van der Waals surface area contributed by atoms with E-state index in [-0.39, 0.29) is 16.7 Å². The van der Waals surface area contributed by atoms with Crippen LogP contribution in [0.25, 0.3) is 0 Å². The second-order valence-electron chi connectivity index (χ2n) is 5.31. The fraction of sp³-hybridized carbons (Fsp3) is 0.294. The third kappa shape index (κ3) is 3.11. The lowest BCUT2D eigenvalue weighted by atomic mass is 9.94. The molecule has 2 aromatic rings. The summed E-state index contributed by atoms with van der Waals surface area (Å²) in [5, 5.41) is 11.1. The van der Waals surface area contributed by atoms with Gasteiger partial charge in [0.15, 0.2) is 0 Å². The van der Waals surface area contributed by atoms with Gasteiger partial charge in [0.1, 0.15) is 0 Å². The van der Waals surface area contributed by atoms with Crippen LogP contribution in [0.1, 0.15) is 40.8 Å². The van der Waals surface area contributed by atoms with Crippen molar-refractivity contribution in [1.82, 2.24) is 0 Å². The van der Waals surface area contributed by atoms with E-state index in [1.807, 2.05) is 37.3 Å². The number of benzene rings is 2. The van der Waals surface area contributed by atoms with E-state index in [2.05, 4.69) is 6.92 Å². The molecule has 0 aliphatic rings. The third-order valence-corrected chi connectivity index (χ3v) is 3.97. The van der Waals surface area contributed by atoms with E-state index in [1.165, 1.54) is 5.56 Å². The normalized spacial score (nSPS) is 12.2. The van der Waals surface area contributed by atoms with E-state index in [4.69, 9.17) is 5.73 Å². The zero-order valence-electron chi connectivity index (χ0n) is 12.6. The first-order valence-corrected chi connectivity index (χ1v) is 7.04. The molecule has 110 valence electrons. The Morgan fingerprint density at radius 2 is 1.76 bits per heavy atom. The fourth-order valence-corrected chi connectivity index (χ4v) is 2.39. The van der Waals surface area contributed by atoms with Crippen LogP contribution in [0.3, 0.4) is 0 Å². The predicted molar refractivity (Wildman–Crippen MR) is 84.4 cm³/mol. The molecular formula is C17H20N2O2. The minimum Gasteiger partial charge on any atom is -0.320 e. The summed E-state index contributed by atoms with van der Waals surface area (Å²) in [6, 6.07) is 11.2. The van der Waals surface area contributed by atoms with Crippen LogP contribution in [0.2, 0.25) is 0 Å². The van der Waals surface area contributed by atoms with Crippen LogP contribution < -0.4 is 5.73 Å². The smallest absolute Gasteiger partial charge is 0.272 e. The first-order chi connectivity index (χ1) is 9.93. The quantitative estimate of drug-likeness (QED) is 0.685. The summed E-state index contributed by atoms with van der Waals surface area (Å²) in [5.74, 6) is 0. The topological polar surface area (TPSA) is 69.2 Å². The predicted octanol–water partition coefficient (Wildman–Crippen LogP) is 3.82. The van der Waals surface area contributed by atoms with E-state index < -0.39 is 0 Å². The molecular weight excluding hydrogens is 264 g/mol. The van der Waals surface area contributed by atoms with Crippen molar-refractivity contribution in [2.24, 2.45) is 5.73 Å². The number of rotatable bonds is 4. The van der Waals surface area contributed by atoms with Gasteiger partial charge in [-0.1, -0.05) is 37.3 Å².